The summed E-state index contributed by atoms with van der Waals surface area (Å²) in [7, 11) is 0. The van der Waals surface area contributed by atoms with Gasteiger partial charge in [-0.15, -0.1) is 6.58 Å². The van der Waals surface area contributed by atoms with Crippen molar-refractivity contribution in [3.05, 3.63) is 12.7 Å². The third-order valence-corrected chi connectivity index (χ3v) is 9.69. The molecule has 0 bridgehead atoms. The highest BCUT2D eigenvalue weighted by Crippen LogP contribution is 2.34. The molecule has 0 aromatic rings. The number of likely N-dealkylation sites (tertiary alicyclic amines) is 1. The third kappa shape index (κ3) is 12.6. The van der Waals surface area contributed by atoms with Gasteiger partial charge in [-0.2, -0.15) is 0 Å². The molecule has 0 aromatic carbocycles. The average molecular weight is 691 g/mol. The molecule has 6 amide bonds. The molecule has 0 spiro atoms. The van der Waals surface area contributed by atoms with Crippen molar-refractivity contribution in [2.24, 2.45) is 23.2 Å². The van der Waals surface area contributed by atoms with E-state index in [2.05, 4.69) is 33.2 Å². The molecule has 5 atom stereocenters. The molecule has 1 heterocycles. The molecule has 2 rings (SSSR count). The Morgan fingerprint density at radius 3 is 2.18 bits per heavy atom. The molecule has 278 valence electrons. The second-order valence-electron chi connectivity index (χ2n) is 14.8. The van der Waals surface area contributed by atoms with Gasteiger partial charge in [0.25, 0.3) is 5.91 Å². The summed E-state index contributed by atoms with van der Waals surface area (Å²) in [6.07, 6.45) is 7.57. The quantitative estimate of drug-likeness (QED) is 0.114. The first-order valence-corrected chi connectivity index (χ1v) is 18.2. The Kier molecular flexibility index (Phi) is 17.1. The minimum atomic E-state index is -1.03. The van der Waals surface area contributed by atoms with E-state index in [9.17, 15) is 28.8 Å². The van der Waals surface area contributed by atoms with Crippen LogP contribution in [0, 0.1) is 23.2 Å². The Bertz CT molecular complexity index is 1150. The van der Waals surface area contributed by atoms with Crippen molar-refractivity contribution in [1.29, 1.82) is 0 Å². The molecule has 13 nitrogen and oxygen atoms in total. The number of hydrogen-bond donors (Lipinski definition) is 5. The number of amides is 6. The molecule has 1 saturated carbocycles. The lowest BCUT2D eigenvalue weighted by Crippen LogP contribution is -2.61. The molecule has 0 aromatic heterocycles. The maximum atomic E-state index is 14.5. The molecule has 49 heavy (non-hydrogen) atoms. The van der Waals surface area contributed by atoms with E-state index in [1.807, 2.05) is 41.5 Å². The first kappa shape index (κ1) is 41.5. The normalized spacial score (nSPS) is 20.0. The monoisotopic (exact) mass is 690 g/mol. The Balaban J connectivity index is 2.35. The molecular formula is C36H62N6O7. The van der Waals surface area contributed by atoms with Gasteiger partial charge in [0.2, 0.25) is 17.6 Å². The highest BCUT2D eigenvalue weighted by molar-refractivity contribution is 6.38. The SMILES string of the molecule is C=CCNC(=O)C(=O)C(CCCC)NC(=O)[C@@H]1C(C(C)C)CCN1C(=O)[C@@H](NC(=O)N[C@H](COC(=O)NCC)C(C)(C)C)C1CCCCC1. The van der Waals surface area contributed by atoms with Crippen LogP contribution in [0.2, 0.25) is 0 Å². The standard InChI is InChI=1S/C36H62N6O7/c1-9-12-18-26(30(43)32(45)38-20-10-2)39-31(44)29-25(23(4)5)19-21-42(29)33(46)28(24-16-14-13-15-17-24)41-34(47)40-27(36(6,7)8)22-49-35(48)37-11-3/h10,23-29H,2,9,11-22H2,1,3-8H3,(H,37,48)(H,38,45)(H,39,44)(H2,40,41,47)/t25?,26?,27-,28+,29+/m1/s1. The largest absolute Gasteiger partial charge is 0.447 e. The van der Waals surface area contributed by atoms with Crippen LogP contribution >= 0.6 is 0 Å². The molecule has 2 fully saturated rings. The van der Waals surface area contributed by atoms with Crippen LogP contribution < -0.4 is 26.6 Å². The smallest absolute Gasteiger partial charge is 0.407 e. The van der Waals surface area contributed by atoms with Crippen LogP contribution in [-0.4, -0.2) is 90.9 Å². The summed E-state index contributed by atoms with van der Waals surface area (Å²) in [5.74, 6) is -2.59. The van der Waals surface area contributed by atoms with Crippen LogP contribution in [0.15, 0.2) is 12.7 Å². The van der Waals surface area contributed by atoms with Crippen molar-refractivity contribution in [3.63, 3.8) is 0 Å². The van der Waals surface area contributed by atoms with Gasteiger partial charge in [0.05, 0.1) is 12.1 Å². The van der Waals surface area contributed by atoms with Crippen LogP contribution in [0.1, 0.15) is 106 Å². The van der Waals surface area contributed by atoms with E-state index in [0.29, 0.717) is 32.4 Å². The van der Waals surface area contributed by atoms with E-state index in [-0.39, 0.29) is 36.8 Å². The molecule has 1 aliphatic heterocycles. The molecule has 13 heteroatoms. The number of hydrogen-bond acceptors (Lipinski definition) is 7. The van der Waals surface area contributed by atoms with Crippen LogP contribution in [0.5, 0.6) is 0 Å². The van der Waals surface area contributed by atoms with Gasteiger partial charge < -0.3 is 36.2 Å². The van der Waals surface area contributed by atoms with E-state index in [1.165, 1.54) is 6.08 Å². The van der Waals surface area contributed by atoms with E-state index >= 15 is 0 Å². The Morgan fingerprint density at radius 1 is 0.939 bits per heavy atom. The number of nitrogens with one attached hydrogen (secondary N) is 5. The van der Waals surface area contributed by atoms with Gasteiger partial charge in [0.1, 0.15) is 18.7 Å². The number of carbonyl (C=O) groups is 6. The van der Waals surface area contributed by atoms with Crippen LogP contribution in [0.3, 0.4) is 0 Å². The summed E-state index contributed by atoms with van der Waals surface area (Å²) in [5, 5.41) is 13.8. The number of carbonyl (C=O) groups excluding carboxylic acids is 6. The highest BCUT2D eigenvalue weighted by atomic mass is 16.5. The maximum Gasteiger partial charge on any atom is 0.407 e. The first-order chi connectivity index (χ1) is 23.2. The fourth-order valence-electron chi connectivity index (χ4n) is 6.67. The molecule has 1 aliphatic carbocycles. The predicted molar refractivity (Wildman–Crippen MR) is 188 cm³/mol. The summed E-state index contributed by atoms with van der Waals surface area (Å²) in [4.78, 5) is 81.4. The Hall–Kier alpha value is -3.64. The topological polar surface area (TPSA) is 175 Å². The number of Topliss-reactive ketones (excluding diaryl/α,β-unsaturated/α-hetero) is 1. The van der Waals surface area contributed by atoms with Crippen molar-refractivity contribution < 1.29 is 33.5 Å². The second-order valence-corrected chi connectivity index (χ2v) is 14.8. The fourth-order valence-corrected chi connectivity index (χ4v) is 6.67. The van der Waals surface area contributed by atoms with E-state index < -0.39 is 59.3 Å². The molecule has 0 radical (unpaired) electrons. The van der Waals surface area contributed by atoms with Gasteiger partial charge in [-0.05, 0) is 55.8 Å². The van der Waals surface area contributed by atoms with Gasteiger partial charge in [0, 0.05) is 19.6 Å². The summed E-state index contributed by atoms with van der Waals surface area (Å²) in [6, 6.07) is -3.89. The third-order valence-electron chi connectivity index (χ3n) is 9.69. The van der Waals surface area contributed by atoms with Crippen LogP contribution in [0.4, 0.5) is 9.59 Å². The Labute approximate surface area is 292 Å². The molecule has 1 saturated heterocycles. The Morgan fingerprint density at radius 2 is 1.61 bits per heavy atom. The summed E-state index contributed by atoms with van der Waals surface area (Å²) in [5.41, 5.74) is -0.467. The van der Waals surface area contributed by atoms with E-state index in [0.717, 1.165) is 38.5 Å². The number of urea groups is 1. The number of ketones is 1. The second kappa shape index (κ2) is 20.1. The van der Waals surface area contributed by atoms with Gasteiger partial charge in [-0.25, -0.2) is 9.59 Å². The zero-order chi connectivity index (χ0) is 36.7. The number of unbranched alkanes of at least 4 members (excludes halogenated alkanes) is 1. The van der Waals surface area contributed by atoms with Crippen LogP contribution in [0.25, 0.3) is 0 Å². The van der Waals surface area contributed by atoms with Crippen molar-refractivity contribution >= 4 is 35.6 Å². The number of rotatable bonds is 17. The zero-order valence-electron chi connectivity index (χ0n) is 30.8. The van der Waals surface area contributed by atoms with Gasteiger partial charge in [-0.1, -0.05) is 79.7 Å². The lowest BCUT2D eigenvalue weighted by Gasteiger charge is -2.37. The molecule has 5 N–H and O–H groups in total. The van der Waals surface area contributed by atoms with Gasteiger partial charge in [0.15, 0.2) is 0 Å². The zero-order valence-corrected chi connectivity index (χ0v) is 30.8. The first-order valence-electron chi connectivity index (χ1n) is 18.2. The lowest BCUT2D eigenvalue weighted by atomic mass is 9.82. The molecule has 2 aliphatic rings. The average Bonchev–Trinajstić information content (AvgIpc) is 3.51. The summed E-state index contributed by atoms with van der Waals surface area (Å²) >= 11 is 0. The van der Waals surface area contributed by atoms with Crippen molar-refractivity contribution in [2.45, 2.75) is 130 Å². The predicted octanol–water partition coefficient (Wildman–Crippen LogP) is 3.81. The number of alkyl carbamates (subject to hydrolysis) is 1. The molecular weight excluding hydrogens is 628 g/mol. The summed E-state index contributed by atoms with van der Waals surface area (Å²) < 4.78 is 5.34. The van der Waals surface area contributed by atoms with Gasteiger partial charge >= 0.3 is 12.1 Å². The maximum absolute atomic E-state index is 14.5. The minimum absolute atomic E-state index is 0.0519. The number of nitrogens with zero attached hydrogens (tertiary/aromatic N) is 1. The fraction of sp³-hybridized carbons (Fsp3) is 0.778. The summed E-state index contributed by atoms with van der Waals surface area (Å²) in [6.45, 7) is 17.9. The van der Waals surface area contributed by atoms with E-state index in [1.54, 1.807) is 11.8 Å². The van der Waals surface area contributed by atoms with Crippen molar-refractivity contribution in [1.82, 2.24) is 31.5 Å². The van der Waals surface area contributed by atoms with Crippen LogP contribution in [-0.2, 0) is 23.9 Å². The highest BCUT2D eigenvalue weighted by Gasteiger charge is 2.47. The van der Waals surface area contributed by atoms with Crippen molar-refractivity contribution in [2.75, 3.05) is 26.2 Å². The minimum Gasteiger partial charge on any atom is -0.447 e. The van der Waals surface area contributed by atoms with Gasteiger partial charge in [-0.3, -0.25) is 19.2 Å². The molecule has 2 unspecified atom stereocenters. The lowest BCUT2D eigenvalue weighted by molar-refractivity contribution is -0.144. The number of ether oxygens (including phenoxy) is 1. The van der Waals surface area contributed by atoms with Crippen molar-refractivity contribution in [3.8, 4) is 0 Å². The van der Waals surface area contributed by atoms with E-state index in [4.69, 9.17) is 4.74 Å².